The van der Waals surface area contributed by atoms with Crippen LogP contribution in [0.5, 0.6) is 0 Å². The lowest BCUT2D eigenvalue weighted by Gasteiger charge is -2.03. The summed E-state index contributed by atoms with van der Waals surface area (Å²) in [6, 6.07) is 8.54. The van der Waals surface area contributed by atoms with E-state index in [-0.39, 0.29) is 0 Å². The molecule has 1 heteroatoms. The fraction of sp³-hybridized carbons (Fsp3) is 0.364. The Morgan fingerprint density at radius 1 is 1.33 bits per heavy atom. The van der Waals surface area contributed by atoms with Crippen molar-refractivity contribution in [3.05, 3.63) is 34.9 Å². The van der Waals surface area contributed by atoms with Crippen LogP contribution in [0.1, 0.15) is 23.1 Å². The molecule has 0 radical (unpaired) electrons. The molecule has 1 nitrogen and oxygen atoms in total. The van der Waals surface area contributed by atoms with Gasteiger partial charge in [-0.3, -0.25) is 0 Å². The van der Waals surface area contributed by atoms with Crippen LogP contribution < -0.4 is 0 Å². The third kappa shape index (κ3) is 2.10. The molecule has 62 valence electrons. The maximum atomic E-state index is 8.44. The fourth-order valence-electron chi connectivity index (χ4n) is 1.26. The molecule has 0 aliphatic rings. The van der Waals surface area contributed by atoms with Crippen molar-refractivity contribution in [1.29, 1.82) is 5.26 Å². The topological polar surface area (TPSA) is 23.8 Å². The van der Waals surface area contributed by atoms with Gasteiger partial charge in [-0.1, -0.05) is 23.8 Å². The van der Waals surface area contributed by atoms with Gasteiger partial charge in [0.1, 0.15) is 0 Å². The van der Waals surface area contributed by atoms with Crippen LogP contribution in [0, 0.1) is 25.2 Å². The highest BCUT2D eigenvalue weighted by Gasteiger charge is 1.97. The van der Waals surface area contributed by atoms with Gasteiger partial charge in [0.25, 0.3) is 0 Å². The van der Waals surface area contributed by atoms with Crippen molar-refractivity contribution < 1.29 is 0 Å². The number of hydrogen-bond acceptors (Lipinski definition) is 1. The minimum Gasteiger partial charge on any atom is -0.198 e. The first kappa shape index (κ1) is 8.80. The quantitative estimate of drug-likeness (QED) is 0.651. The van der Waals surface area contributed by atoms with E-state index in [0.717, 1.165) is 6.42 Å². The molecule has 0 bridgehead atoms. The van der Waals surface area contributed by atoms with Crippen LogP contribution in [0.25, 0.3) is 0 Å². The second-order valence-electron chi connectivity index (χ2n) is 3.09. The molecule has 1 aromatic rings. The monoisotopic (exact) mass is 159 g/mol. The molecule has 0 N–H and O–H groups in total. The molecular formula is C11H13N. The van der Waals surface area contributed by atoms with Gasteiger partial charge in [-0.15, -0.1) is 0 Å². The molecule has 1 aromatic carbocycles. The number of rotatable bonds is 2. The Morgan fingerprint density at radius 2 is 2.08 bits per heavy atom. The van der Waals surface area contributed by atoms with Crippen LogP contribution >= 0.6 is 0 Å². The standard InChI is InChI=1S/C11H13N/c1-9-5-6-10(2)11(8-9)4-3-7-12/h5-6,8H,3-4H2,1-2H3. The van der Waals surface area contributed by atoms with Crippen LogP contribution in [-0.2, 0) is 6.42 Å². The lowest BCUT2D eigenvalue weighted by molar-refractivity contribution is 0.993. The lowest BCUT2D eigenvalue weighted by Crippen LogP contribution is -1.89. The molecule has 1 rings (SSSR count). The zero-order chi connectivity index (χ0) is 8.97. The van der Waals surface area contributed by atoms with Crippen molar-refractivity contribution in [3.8, 4) is 6.07 Å². The first-order valence-corrected chi connectivity index (χ1v) is 4.17. The van der Waals surface area contributed by atoms with Crippen LogP contribution in [-0.4, -0.2) is 0 Å². The van der Waals surface area contributed by atoms with E-state index in [0.29, 0.717) is 6.42 Å². The highest BCUT2D eigenvalue weighted by Crippen LogP contribution is 2.12. The van der Waals surface area contributed by atoms with Gasteiger partial charge in [0, 0.05) is 6.42 Å². The molecule has 0 heterocycles. The molecule has 0 aliphatic heterocycles. The van der Waals surface area contributed by atoms with Gasteiger partial charge in [-0.05, 0) is 31.4 Å². The summed E-state index contributed by atoms with van der Waals surface area (Å²) in [6.45, 7) is 4.17. The van der Waals surface area contributed by atoms with E-state index in [9.17, 15) is 0 Å². The zero-order valence-corrected chi connectivity index (χ0v) is 7.59. The zero-order valence-electron chi connectivity index (χ0n) is 7.59. The van der Waals surface area contributed by atoms with Crippen molar-refractivity contribution >= 4 is 0 Å². The number of hydrogen-bond donors (Lipinski definition) is 0. The summed E-state index contributed by atoms with van der Waals surface area (Å²) >= 11 is 0. The number of aryl methyl sites for hydroxylation is 3. The first-order valence-electron chi connectivity index (χ1n) is 4.17. The maximum absolute atomic E-state index is 8.44. The molecule has 0 saturated carbocycles. The average molecular weight is 159 g/mol. The molecule has 0 amide bonds. The fourth-order valence-corrected chi connectivity index (χ4v) is 1.26. The van der Waals surface area contributed by atoms with E-state index >= 15 is 0 Å². The molecule has 0 aliphatic carbocycles. The van der Waals surface area contributed by atoms with Gasteiger partial charge >= 0.3 is 0 Å². The highest BCUT2D eigenvalue weighted by atomic mass is 14.2. The molecular weight excluding hydrogens is 146 g/mol. The second-order valence-corrected chi connectivity index (χ2v) is 3.09. The van der Waals surface area contributed by atoms with Gasteiger partial charge in [-0.25, -0.2) is 0 Å². The second kappa shape index (κ2) is 3.92. The van der Waals surface area contributed by atoms with E-state index in [1.54, 1.807) is 0 Å². The third-order valence-corrected chi connectivity index (χ3v) is 2.01. The molecule has 0 saturated heterocycles. The van der Waals surface area contributed by atoms with E-state index in [1.807, 2.05) is 0 Å². The summed E-state index contributed by atoms with van der Waals surface area (Å²) in [4.78, 5) is 0. The van der Waals surface area contributed by atoms with E-state index in [2.05, 4.69) is 38.1 Å². The predicted octanol–water partition coefficient (Wildman–Crippen LogP) is 2.76. The summed E-state index contributed by atoms with van der Waals surface area (Å²) in [5.41, 5.74) is 3.86. The number of benzene rings is 1. The maximum Gasteiger partial charge on any atom is 0.0625 e. The molecule has 0 fully saturated rings. The van der Waals surface area contributed by atoms with Gasteiger partial charge in [-0.2, -0.15) is 5.26 Å². The Hall–Kier alpha value is -1.29. The Kier molecular flexibility index (Phi) is 2.88. The summed E-state index contributed by atoms with van der Waals surface area (Å²) in [5.74, 6) is 0. The van der Waals surface area contributed by atoms with Gasteiger partial charge in [0.2, 0.25) is 0 Å². The summed E-state index contributed by atoms with van der Waals surface area (Å²) in [6.07, 6.45) is 1.49. The van der Waals surface area contributed by atoms with Crippen molar-refractivity contribution in [1.82, 2.24) is 0 Å². The molecule has 0 aromatic heterocycles. The molecule has 0 unspecified atom stereocenters. The lowest BCUT2D eigenvalue weighted by atomic mass is 10.0. The number of nitrogens with zero attached hydrogens (tertiary/aromatic N) is 1. The Balaban J connectivity index is 2.84. The Bertz CT molecular complexity index is 307. The highest BCUT2D eigenvalue weighted by molar-refractivity contribution is 5.30. The molecule has 0 spiro atoms. The van der Waals surface area contributed by atoms with Crippen LogP contribution in [0.4, 0.5) is 0 Å². The summed E-state index contributed by atoms with van der Waals surface area (Å²) in [5, 5.41) is 8.44. The Labute approximate surface area is 73.6 Å². The Morgan fingerprint density at radius 3 is 2.75 bits per heavy atom. The summed E-state index contributed by atoms with van der Waals surface area (Å²) in [7, 11) is 0. The van der Waals surface area contributed by atoms with E-state index in [1.165, 1.54) is 16.7 Å². The van der Waals surface area contributed by atoms with E-state index < -0.39 is 0 Å². The van der Waals surface area contributed by atoms with Crippen LogP contribution in [0.2, 0.25) is 0 Å². The third-order valence-electron chi connectivity index (χ3n) is 2.01. The van der Waals surface area contributed by atoms with Crippen LogP contribution in [0.15, 0.2) is 18.2 Å². The van der Waals surface area contributed by atoms with Gasteiger partial charge in [0.15, 0.2) is 0 Å². The molecule has 12 heavy (non-hydrogen) atoms. The van der Waals surface area contributed by atoms with Crippen LogP contribution in [0.3, 0.4) is 0 Å². The van der Waals surface area contributed by atoms with Crippen molar-refractivity contribution in [2.75, 3.05) is 0 Å². The van der Waals surface area contributed by atoms with Crippen molar-refractivity contribution in [2.24, 2.45) is 0 Å². The van der Waals surface area contributed by atoms with Gasteiger partial charge < -0.3 is 0 Å². The normalized spacial score (nSPS) is 9.42. The minimum absolute atomic E-state index is 0.615. The molecule has 0 atom stereocenters. The van der Waals surface area contributed by atoms with Crippen molar-refractivity contribution in [2.45, 2.75) is 26.7 Å². The first-order chi connectivity index (χ1) is 5.74. The largest absolute Gasteiger partial charge is 0.198 e. The van der Waals surface area contributed by atoms with E-state index in [4.69, 9.17) is 5.26 Å². The number of nitriles is 1. The average Bonchev–Trinajstić information content (AvgIpc) is 2.07. The smallest absolute Gasteiger partial charge is 0.0625 e. The van der Waals surface area contributed by atoms with Crippen molar-refractivity contribution in [3.63, 3.8) is 0 Å². The predicted molar refractivity (Wildman–Crippen MR) is 49.9 cm³/mol. The van der Waals surface area contributed by atoms with Gasteiger partial charge in [0.05, 0.1) is 6.07 Å². The minimum atomic E-state index is 0.615. The summed E-state index contributed by atoms with van der Waals surface area (Å²) < 4.78 is 0. The SMILES string of the molecule is Cc1ccc(C)c(CCC#N)c1.